The van der Waals surface area contributed by atoms with Crippen molar-refractivity contribution in [3.05, 3.63) is 352 Å². The van der Waals surface area contributed by atoms with Crippen molar-refractivity contribution in [2.75, 3.05) is 0 Å². The van der Waals surface area contributed by atoms with E-state index >= 15 is 0 Å². The minimum absolute atomic E-state index is 1.23. The van der Waals surface area contributed by atoms with Gasteiger partial charge in [0.1, 0.15) is 0 Å². The van der Waals surface area contributed by atoms with Gasteiger partial charge in [0.05, 0.1) is 0 Å². The molecule has 0 nitrogen and oxygen atoms in total. The Kier molecular flexibility index (Phi) is 13.8. The Morgan fingerprint density at radius 1 is 0.211 bits per heavy atom. The second-order valence-corrected chi connectivity index (χ2v) is 26.6. The number of hydrogen-bond donors (Lipinski definition) is 0. The van der Waals surface area contributed by atoms with Gasteiger partial charge >= 0.3 is 0 Å². The topological polar surface area (TPSA) is 0 Å². The van der Waals surface area contributed by atoms with Gasteiger partial charge < -0.3 is 0 Å². The SMILES string of the molecule is [2H]C.[2H][2H].[2H][2H].c1ccc(-c2c3ccccc3c(-c3ccc(-c4ccc5c(c4)sc4cccc(-c6ccccc6)c45)cc3)c3ccccc23)cc1.c1ccc(-c2cccc3sc4c(-c5ccc(-c6c7ccccc7c(-c7cccc8ccccc78)c7ccccc67)cc5)cccc4c23)cc1. The molecule has 0 aliphatic rings. The van der Waals surface area contributed by atoms with Crippen LogP contribution in [0, 0.1) is 0 Å². The molecule has 95 heavy (non-hydrogen) atoms. The van der Waals surface area contributed by atoms with Gasteiger partial charge in [-0.25, -0.2) is 0 Å². The summed E-state index contributed by atoms with van der Waals surface area (Å²) in [6.45, 7) is 0. The molecule has 0 saturated heterocycles. The third-order valence-electron chi connectivity index (χ3n) is 19.2. The lowest BCUT2D eigenvalue weighted by atomic mass is 9.84. The fourth-order valence-electron chi connectivity index (χ4n) is 15.0. The Morgan fingerprint density at radius 2 is 0.537 bits per heavy atom. The maximum absolute atomic E-state index is 5.75. The molecule has 0 radical (unpaired) electrons. The molecule has 0 unspecified atom stereocenters. The summed E-state index contributed by atoms with van der Waals surface area (Å²) >= 11 is 3.78. The van der Waals surface area contributed by atoms with Crippen molar-refractivity contribution in [1.29, 1.82) is 0 Å². The fraction of sp³-hybridized carbons (Fsp3) is 0.0108. The first-order valence-electron chi connectivity index (χ1n) is 35.3. The minimum Gasteiger partial charge on any atom is -0.135 e. The molecule has 17 aromatic carbocycles. The molecule has 0 N–H and O–H groups in total. The van der Waals surface area contributed by atoms with Crippen molar-refractivity contribution in [3.8, 4) is 89.0 Å². The lowest BCUT2D eigenvalue weighted by molar-refractivity contribution is 1.63. The van der Waals surface area contributed by atoms with E-state index in [0.717, 1.165) is 0 Å². The molecular weight excluding hydrogens is 1180 g/mol. The van der Waals surface area contributed by atoms with Crippen LogP contribution in [0.15, 0.2) is 352 Å². The van der Waals surface area contributed by atoms with Crippen LogP contribution in [0.1, 0.15) is 14.7 Å². The van der Waals surface area contributed by atoms with E-state index < -0.39 is 0 Å². The maximum atomic E-state index is 5.75. The van der Waals surface area contributed by atoms with Gasteiger partial charge in [-0.05, 0) is 161 Å². The van der Waals surface area contributed by atoms with Crippen LogP contribution in [-0.2, 0) is 0 Å². The second-order valence-electron chi connectivity index (χ2n) is 24.4. The summed E-state index contributed by atoms with van der Waals surface area (Å²) in [6, 6.07) is 129. The van der Waals surface area contributed by atoms with Crippen LogP contribution in [0.3, 0.4) is 0 Å². The zero-order valence-corrected chi connectivity index (χ0v) is 53.9. The van der Waals surface area contributed by atoms with Crippen LogP contribution in [0.25, 0.3) is 183 Å². The van der Waals surface area contributed by atoms with Crippen molar-refractivity contribution in [2.45, 2.75) is 7.40 Å². The van der Waals surface area contributed by atoms with Gasteiger partial charge in [-0.3, -0.25) is 0 Å². The first-order chi connectivity index (χ1) is 49.7. The number of benzene rings is 17. The van der Waals surface area contributed by atoms with Crippen molar-refractivity contribution in [2.24, 2.45) is 0 Å². The molecule has 0 atom stereocenters. The predicted octanol–water partition coefficient (Wildman–Crippen LogP) is 28.3. The Morgan fingerprint density at radius 3 is 1.05 bits per heavy atom. The zero-order valence-electron chi connectivity index (χ0n) is 57.3. The quantitative estimate of drug-likeness (QED) is 0.133. The molecular formula is C93H66S2. The number of hydrogen-bond acceptors (Lipinski definition) is 2. The number of fused-ring (bicyclic) bond motifs is 11. The molecule has 19 aromatic rings. The molecule has 19 rings (SSSR count). The third kappa shape index (κ3) is 9.88. The standard InChI is InChI=1S/C48H30S.C44H28S.CH4.2H2/c1-2-13-32(14-3-1)36-22-12-26-44-47(36)43-25-11-23-37(48(43)49-44)33-27-29-34(30-28-33)45-39-18-6-8-20-41(39)46(42-21-9-7-19-40(42)45)38-24-10-16-31-15-4-5-17-35(31)38;1-3-12-30(13-4-1)34-20-11-21-40-44(34)39-27-26-33(28-41(39)45-40)29-22-24-32(25-23-29)43-37-18-9-7-16-35(37)42(31-14-5-2-6-15-31)36-17-8-10-19-38(36)43;;;/h1-30H;1-28H;1H4;2*1H/i;;1D;2*1+1D. The Hall–Kier alpha value is -11.5. The normalized spacial score (nSPS) is 11.7. The van der Waals surface area contributed by atoms with Crippen LogP contribution in [0.4, 0.5) is 0 Å². The molecule has 0 spiro atoms. The monoisotopic (exact) mass is 1250 g/mol. The van der Waals surface area contributed by atoms with Gasteiger partial charge in [-0.1, -0.05) is 341 Å². The van der Waals surface area contributed by atoms with Crippen LogP contribution in [-0.4, -0.2) is 0 Å². The van der Waals surface area contributed by atoms with E-state index in [2.05, 4.69) is 352 Å². The van der Waals surface area contributed by atoms with Crippen molar-refractivity contribution < 1.29 is 7.31 Å². The Bertz CT molecular complexity index is 6030. The molecule has 2 heterocycles. The Labute approximate surface area is 568 Å². The van der Waals surface area contributed by atoms with Gasteiger partial charge in [0.15, 0.2) is 0 Å². The van der Waals surface area contributed by atoms with E-state index in [-0.39, 0.29) is 0 Å². The van der Waals surface area contributed by atoms with E-state index in [9.17, 15) is 0 Å². The smallest absolute Gasteiger partial charge is 0.0434 e. The van der Waals surface area contributed by atoms with E-state index in [1.807, 2.05) is 22.7 Å². The van der Waals surface area contributed by atoms with Gasteiger partial charge in [0.25, 0.3) is 0 Å². The van der Waals surface area contributed by atoms with Gasteiger partial charge in [-0.2, -0.15) is 0 Å². The molecule has 0 aliphatic heterocycles. The van der Waals surface area contributed by atoms with Crippen LogP contribution < -0.4 is 0 Å². The highest BCUT2D eigenvalue weighted by atomic mass is 32.1. The fourth-order valence-corrected chi connectivity index (χ4v) is 17.4. The molecule has 2 heteroatoms. The average Bonchev–Trinajstić information content (AvgIpc) is 0.913. The van der Waals surface area contributed by atoms with Crippen LogP contribution in [0.5, 0.6) is 0 Å². The van der Waals surface area contributed by atoms with Gasteiger partial charge in [0.2, 0.25) is 0 Å². The minimum atomic E-state index is 1.23. The summed E-state index contributed by atoms with van der Waals surface area (Å²) in [7, 11) is 1.25. The highest BCUT2D eigenvalue weighted by Gasteiger charge is 2.21. The summed E-state index contributed by atoms with van der Waals surface area (Å²) in [5.41, 5.74) is 20.3. The third-order valence-corrected chi connectivity index (χ3v) is 21.5. The van der Waals surface area contributed by atoms with Crippen LogP contribution >= 0.6 is 22.7 Å². The summed E-state index contributed by atoms with van der Waals surface area (Å²) in [5.74, 6) is 0. The molecule has 0 aliphatic carbocycles. The van der Waals surface area contributed by atoms with Crippen molar-refractivity contribution >= 4 is 117 Å². The molecule has 0 fully saturated rings. The summed E-state index contributed by atoms with van der Waals surface area (Å²) in [5, 5.41) is 18.1. The highest BCUT2D eigenvalue weighted by Crippen LogP contribution is 2.49. The second kappa shape index (κ2) is 24.2. The average molecular weight is 1250 g/mol. The number of rotatable bonds is 8. The van der Waals surface area contributed by atoms with Crippen molar-refractivity contribution in [3.63, 3.8) is 0 Å². The largest absolute Gasteiger partial charge is 0.135 e. The molecule has 0 amide bonds. The highest BCUT2D eigenvalue weighted by molar-refractivity contribution is 7.26. The predicted molar refractivity (Wildman–Crippen MR) is 421 cm³/mol. The van der Waals surface area contributed by atoms with Crippen LogP contribution in [0.2, 0.25) is 0 Å². The number of thiophene rings is 2. The van der Waals surface area contributed by atoms with E-state index in [1.54, 1.807) is 0 Å². The summed E-state index contributed by atoms with van der Waals surface area (Å²) in [4.78, 5) is 0. The summed E-state index contributed by atoms with van der Waals surface area (Å²) in [6.07, 6.45) is 0. The van der Waals surface area contributed by atoms with Gasteiger partial charge in [-0.15, -0.1) is 22.7 Å². The van der Waals surface area contributed by atoms with Crippen molar-refractivity contribution in [1.82, 2.24) is 0 Å². The molecule has 0 bridgehead atoms. The molecule has 0 saturated carbocycles. The van der Waals surface area contributed by atoms with E-state index in [4.69, 9.17) is 7.31 Å². The lowest BCUT2D eigenvalue weighted by Gasteiger charge is -2.19. The first kappa shape index (κ1) is 54.1. The first-order valence-corrected chi connectivity index (χ1v) is 33.9. The lowest BCUT2D eigenvalue weighted by Crippen LogP contribution is -1.91. The molecule has 2 aromatic heterocycles. The van der Waals surface area contributed by atoms with E-state index in [1.165, 1.54) is 191 Å². The Balaban J connectivity index is 0.000000152. The molecule has 450 valence electrons. The van der Waals surface area contributed by atoms with Gasteiger partial charge in [0, 0.05) is 47.7 Å². The summed E-state index contributed by atoms with van der Waals surface area (Å²) < 4.78 is 31.1. The zero-order chi connectivity index (χ0) is 68.1. The van der Waals surface area contributed by atoms with E-state index in [0.29, 0.717) is 0 Å². The maximum Gasteiger partial charge on any atom is 0.0434 e.